The number of anilines is 1. The van der Waals surface area contributed by atoms with Gasteiger partial charge in [-0.15, -0.1) is 0 Å². The van der Waals surface area contributed by atoms with E-state index in [0.717, 1.165) is 33.3 Å². The molecule has 1 unspecified atom stereocenters. The molecule has 11 heteroatoms. The molecule has 0 aliphatic carbocycles. The molecule has 30 heavy (non-hydrogen) atoms. The van der Waals surface area contributed by atoms with E-state index in [0.29, 0.717) is 5.02 Å². The molecular weight excluding hydrogens is 422 g/mol. The fourth-order valence-electron chi connectivity index (χ4n) is 3.34. The molecule has 1 aliphatic rings. The smallest absolute Gasteiger partial charge is 0.344 e. The van der Waals surface area contributed by atoms with Gasteiger partial charge in [-0.1, -0.05) is 11.6 Å². The second-order valence-corrected chi connectivity index (χ2v) is 6.58. The molecule has 0 aromatic heterocycles. The van der Waals surface area contributed by atoms with Gasteiger partial charge in [-0.25, -0.2) is 19.2 Å². The van der Waals surface area contributed by atoms with Gasteiger partial charge in [0.1, 0.15) is 11.3 Å². The lowest BCUT2D eigenvalue weighted by Gasteiger charge is -2.47. The molecule has 2 rings (SSSR count). The van der Waals surface area contributed by atoms with Crippen LogP contribution in [0, 0.1) is 0 Å². The zero-order valence-corrected chi connectivity index (χ0v) is 17.4. The molecule has 1 N–H and O–H groups in total. The maximum Gasteiger partial charge on any atom is 0.344 e. The van der Waals surface area contributed by atoms with Crippen LogP contribution in [0.2, 0.25) is 5.02 Å². The van der Waals surface area contributed by atoms with Gasteiger partial charge in [-0.3, -0.25) is 0 Å². The minimum Gasteiger partial charge on any atom is -0.512 e. The maximum atomic E-state index is 12.9. The van der Waals surface area contributed by atoms with Crippen molar-refractivity contribution in [2.24, 2.45) is 0 Å². The first-order valence-corrected chi connectivity index (χ1v) is 8.87. The van der Waals surface area contributed by atoms with E-state index >= 15 is 0 Å². The van der Waals surface area contributed by atoms with Crippen LogP contribution in [0.15, 0.2) is 35.6 Å². The fourth-order valence-corrected chi connectivity index (χ4v) is 3.46. The van der Waals surface area contributed by atoms with Crippen molar-refractivity contribution in [3.63, 3.8) is 0 Å². The summed E-state index contributed by atoms with van der Waals surface area (Å²) in [5, 5.41) is 11.0. The van der Waals surface area contributed by atoms with E-state index in [2.05, 4.69) is 4.74 Å². The van der Waals surface area contributed by atoms with Gasteiger partial charge in [0.15, 0.2) is 6.04 Å². The van der Waals surface area contributed by atoms with Crippen LogP contribution in [0.4, 0.5) is 5.69 Å². The first-order valence-electron chi connectivity index (χ1n) is 8.49. The molecule has 1 aromatic carbocycles. The second kappa shape index (κ2) is 9.04. The highest BCUT2D eigenvalue weighted by atomic mass is 35.5. The highest BCUT2D eigenvalue weighted by Crippen LogP contribution is 2.41. The molecule has 1 heterocycles. The summed E-state index contributed by atoms with van der Waals surface area (Å²) in [6.07, 6.45) is -0.729. The highest BCUT2D eigenvalue weighted by molar-refractivity contribution is 6.30. The summed E-state index contributed by atoms with van der Waals surface area (Å²) in [5.41, 5.74) is -2.72. The van der Waals surface area contributed by atoms with Crippen LogP contribution in [0.1, 0.15) is 6.42 Å². The van der Waals surface area contributed by atoms with Crippen molar-refractivity contribution < 1.29 is 43.2 Å². The van der Waals surface area contributed by atoms with E-state index in [4.69, 9.17) is 25.8 Å². The van der Waals surface area contributed by atoms with Gasteiger partial charge in [0, 0.05) is 10.7 Å². The molecule has 0 radical (unpaired) electrons. The van der Waals surface area contributed by atoms with Crippen LogP contribution in [0.3, 0.4) is 0 Å². The van der Waals surface area contributed by atoms with Crippen LogP contribution in [-0.2, 0) is 38.1 Å². The molecule has 0 spiro atoms. The molecular formula is C19H20ClNO9. The summed E-state index contributed by atoms with van der Waals surface area (Å²) in [6.45, 7) is 0. The average Bonchev–Trinajstić information content (AvgIpc) is 2.76. The third-order valence-corrected chi connectivity index (χ3v) is 4.91. The van der Waals surface area contributed by atoms with Crippen LogP contribution in [0.25, 0.3) is 0 Å². The lowest BCUT2D eigenvalue weighted by atomic mass is 9.81. The van der Waals surface area contributed by atoms with Gasteiger partial charge >= 0.3 is 23.9 Å². The third kappa shape index (κ3) is 3.65. The monoisotopic (exact) mass is 441 g/mol. The molecule has 0 amide bonds. The normalized spacial score (nSPS) is 17.8. The van der Waals surface area contributed by atoms with E-state index < -0.39 is 53.2 Å². The number of ether oxygens (including phenoxy) is 4. The van der Waals surface area contributed by atoms with E-state index in [1.165, 1.54) is 24.3 Å². The predicted molar refractivity (Wildman–Crippen MR) is 103 cm³/mol. The van der Waals surface area contributed by atoms with Gasteiger partial charge < -0.3 is 29.0 Å². The Hall–Kier alpha value is -3.27. The summed E-state index contributed by atoms with van der Waals surface area (Å²) in [6, 6.07) is 3.98. The molecule has 10 nitrogen and oxygen atoms in total. The van der Waals surface area contributed by atoms with E-state index in [-0.39, 0.29) is 5.69 Å². The Morgan fingerprint density at radius 2 is 1.50 bits per heavy atom. The SMILES string of the molecule is COC(=O)C1=C(O)CC(C(=O)OC)(C(=O)OC)N(c2ccc(Cl)cc2)C1C(=O)OC. The first kappa shape index (κ1) is 23.0. The number of nitrogens with zero attached hydrogens (tertiary/aromatic N) is 1. The Morgan fingerprint density at radius 3 is 1.93 bits per heavy atom. The Bertz CT molecular complexity index is 878. The number of benzene rings is 1. The number of aliphatic hydroxyl groups is 1. The number of rotatable bonds is 5. The summed E-state index contributed by atoms with van der Waals surface area (Å²) in [4.78, 5) is 51.9. The Morgan fingerprint density at radius 1 is 0.967 bits per heavy atom. The van der Waals surface area contributed by atoms with Crippen molar-refractivity contribution >= 4 is 41.2 Å². The zero-order chi connectivity index (χ0) is 22.6. The second-order valence-electron chi connectivity index (χ2n) is 6.14. The molecule has 1 aliphatic heterocycles. The summed E-state index contributed by atoms with van der Waals surface area (Å²) in [7, 11) is 4.14. The number of hydrogen-bond acceptors (Lipinski definition) is 10. The van der Waals surface area contributed by atoms with Crippen molar-refractivity contribution in [3.05, 3.63) is 40.6 Å². The minimum atomic E-state index is -2.35. The van der Waals surface area contributed by atoms with Crippen molar-refractivity contribution in [3.8, 4) is 0 Å². The lowest BCUT2D eigenvalue weighted by Crippen LogP contribution is -2.69. The number of methoxy groups -OCH3 is 4. The minimum absolute atomic E-state index is 0.125. The van der Waals surface area contributed by atoms with Gasteiger partial charge in [0.2, 0.25) is 5.54 Å². The number of aliphatic hydroxyl groups excluding tert-OH is 1. The largest absolute Gasteiger partial charge is 0.512 e. The van der Waals surface area contributed by atoms with Crippen LogP contribution in [-0.4, -0.2) is 69.0 Å². The molecule has 0 saturated heterocycles. The standard InChI is InChI=1S/C19H20ClNO9/c1-27-15(23)13-12(22)9-19(17(25)29-3,18(26)30-4)21(14(13)16(24)28-2)11-7-5-10(20)6-8-11/h5-8,14,22H,9H2,1-4H3. The van der Waals surface area contributed by atoms with Crippen molar-refractivity contribution in [2.75, 3.05) is 33.3 Å². The molecule has 0 saturated carbocycles. The van der Waals surface area contributed by atoms with E-state index in [9.17, 15) is 24.3 Å². The van der Waals surface area contributed by atoms with Crippen LogP contribution >= 0.6 is 11.6 Å². The van der Waals surface area contributed by atoms with Gasteiger partial charge in [0.25, 0.3) is 0 Å². The van der Waals surface area contributed by atoms with Crippen molar-refractivity contribution in [2.45, 2.75) is 18.0 Å². The summed E-state index contributed by atoms with van der Waals surface area (Å²) in [5.74, 6) is -5.08. The average molecular weight is 442 g/mol. The third-order valence-electron chi connectivity index (χ3n) is 4.66. The molecule has 0 fully saturated rings. The Balaban J connectivity index is 2.96. The predicted octanol–water partition coefficient (Wildman–Crippen LogP) is 1.16. The topological polar surface area (TPSA) is 129 Å². The number of carbonyl (C=O) groups is 4. The molecule has 1 atom stereocenters. The Kier molecular flexibility index (Phi) is 6.93. The summed E-state index contributed by atoms with van der Waals surface area (Å²) < 4.78 is 19.1. The van der Waals surface area contributed by atoms with Gasteiger partial charge in [-0.05, 0) is 24.3 Å². The van der Waals surface area contributed by atoms with Crippen LogP contribution < -0.4 is 4.90 Å². The summed E-state index contributed by atoms with van der Waals surface area (Å²) >= 11 is 5.94. The van der Waals surface area contributed by atoms with E-state index in [1.54, 1.807) is 0 Å². The number of halogens is 1. The number of carbonyl (C=O) groups excluding carboxylic acids is 4. The van der Waals surface area contributed by atoms with Gasteiger partial charge in [-0.2, -0.15) is 0 Å². The Labute approximate surface area is 176 Å². The molecule has 0 bridgehead atoms. The molecule has 1 aromatic rings. The fraction of sp³-hybridized carbons (Fsp3) is 0.368. The van der Waals surface area contributed by atoms with Crippen molar-refractivity contribution in [1.29, 1.82) is 0 Å². The lowest BCUT2D eigenvalue weighted by molar-refractivity contribution is -0.163. The number of hydrogen-bond donors (Lipinski definition) is 1. The maximum absolute atomic E-state index is 12.9. The van der Waals surface area contributed by atoms with Gasteiger partial charge in [0.05, 0.1) is 34.9 Å². The zero-order valence-electron chi connectivity index (χ0n) is 16.6. The number of esters is 4. The van der Waals surface area contributed by atoms with E-state index in [1.807, 2.05) is 0 Å². The highest BCUT2D eigenvalue weighted by Gasteiger charge is 2.62. The quantitative estimate of drug-likeness (QED) is 0.403. The van der Waals surface area contributed by atoms with Crippen molar-refractivity contribution in [1.82, 2.24) is 0 Å². The first-order chi connectivity index (χ1) is 14.2. The van der Waals surface area contributed by atoms with Crippen LogP contribution in [0.5, 0.6) is 0 Å². The molecule has 162 valence electrons.